The lowest BCUT2D eigenvalue weighted by Crippen LogP contribution is -2.37. The number of hydrogen-bond donors (Lipinski definition) is 1. The van der Waals surface area contributed by atoms with Gasteiger partial charge in [0.1, 0.15) is 11.4 Å². The average molecular weight is 406 g/mol. The molecule has 7 heteroatoms. The summed E-state index contributed by atoms with van der Waals surface area (Å²) in [4.78, 5) is 25.0. The summed E-state index contributed by atoms with van der Waals surface area (Å²) in [6, 6.07) is 23.1. The van der Waals surface area contributed by atoms with Crippen LogP contribution in [0.25, 0.3) is 0 Å². The Labute approximate surface area is 168 Å². The summed E-state index contributed by atoms with van der Waals surface area (Å²) in [6.07, 6.45) is 0.615. The zero-order valence-electron chi connectivity index (χ0n) is 15.4. The minimum Gasteiger partial charge on any atom is -0.324 e. The first-order valence-corrected chi connectivity index (χ1v) is 10.5. The maximum absolute atomic E-state index is 12.6. The zero-order valence-corrected chi connectivity index (χ0v) is 16.2. The lowest BCUT2D eigenvalue weighted by Gasteiger charge is -2.16. The molecule has 4 rings (SSSR count). The summed E-state index contributed by atoms with van der Waals surface area (Å²) < 4.78 is 25.8. The van der Waals surface area contributed by atoms with Crippen molar-refractivity contribution in [2.45, 2.75) is 11.3 Å². The maximum atomic E-state index is 12.6. The number of amides is 2. The van der Waals surface area contributed by atoms with Crippen LogP contribution in [-0.2, 0) is 21.2 Å². The van der Waals surface area contributed by atoms with Crippen LogP contribution in [0.5, 0.6) is 0 Å². The van der Waals surface area contributed by atoms with Crippen LogP contribution < -0.4 is 5.32 Å². The summed E-state index contributed by atoms with van der Waals surface area (Å²) in [5.41, 5.74) is 2.65. The van der Waals surface area contributed by atoms with Gasteiger partial charge in [-0.15, -0.1) is 0 Å². The van der Waals surface area contributed by atoms with E-state index in [0.29, 0.717) is 16.4 Å². The molecule has 1 N–H and O–H groups in total. The number of fused-ring (bicyclic) bond motifs is 1. The summed E-state index contributed by atoms with van der Waals surface area (Å²) in [6.45, 7) is -0.574. The van der Waals surface area contributed by atoms with Crippen LogP contribution in [0.1, 0.15) is 21.5 Å². The smallest absolute Gasteiger partial charge is 0.269 e. The minimum atomic E-state index is -4.02. The number of nitrogens with zero attached hydrogens (tertiary/aromatic N) is 1. The van der Waals surface area contributed by atoms with E-state index in [9.17, 15) is 18.0 Å². The third kappa shape index (κ3) is 3.64. The average Bonchev–Trinajstić information content (AvgIpc) is 2.91. The number of rotatable bonds is 5. The van der Waals surface area contributed by atoms with Crippen molar-refractivity contribution < 1.29 is 18.0 Å². The van der Waals surface area contributed by atoms with Gasteiger partial charge in [0.15, 0.2) is 0 Å². The van der Waals surface area contributed by atoms with Crippen molar-refractivity contribution in [1.29, 1.82) is 0 Å². The van der Waals surface area contributed by atoms with Gasteiger partial charge in [0, 0.05) is 5.69 Å². The fraction of sp³-hybridized carbons (Fsp3) is 0.0909. The van der Waals surface area contributed by atoms with Crippen LogP contribution in [-0.4, -0.2) is 31.1 Å². The number of carbonyl (C=O) groups excluding carboxylic acids is 2. The second-order valence-corrected chi connectivity index (χ2v) is 8.51. The number of sulfonamides is 1. The Kier molecular flexibility index (Phi) is 4.90. The third-order valence-electron chi connectivity index (χ3n) is 4.73. The van der Waals surface area contributed by atoms with Crippen molar-refractivity contribution in [3.05, 3.63) is 95.6 Å². The van der Waals surface area contributed by atoms with Crippen LogP contribution in [0.2, 0.25) is 0 Å². The Balaban J connectivity index is 1.52. The molecule has 0 radical (unpaired) electrons. The normalized spacial score (nSPS) is 14.5. The van der Waals surface area contributed by atoms with Crippen molar-refractivity contribution in [2.75, 3.05) is 11.9 Å². The molecule has 0 spiro atoms. The summed E-state index contributed by atoms with van der Waals surface area (Å²) >= 11 is 0. The molecule has 0 aromatic heterocycles. The van der Waals surface area contributed by atoms with E-state index in [-0.39, 0.29) is 10.5 Å². The fourth-order valence-corrected chi connectivity index (χ4v) is 4.84. The molecule has 0 saturated heterocycles. The largest absolute Gasteiger partial charge is 0.324 e. The quantitative estimate of drug-likeness (QED) is 0.706. The zero-order chi connectivity index (χ0) is 20.4. The van der Waals surface area contributed by atoms with E-state index < -0.39 is 28.4 Å². The van der Waals surface area contributed by atoms with Gasteiger partial charge in [-0.1, -0.05) is 60.7 Å². The van der Waals surface area contributed by atoms with Gasteiger partial charge in [0.25, 0.3) is 15.9 Å². The van der Waals surface area contributed by atoms with Gasteiger partial charge in [0.05, 0.1) is 5.56 Å². The molecular formula is C22H18N2O4S. The van der Waals surface area contributed by atoms with Gasteiger partial charge in [-0.05, 0) is 35.7 Å². The number of anilines is 1. The monoisotopic (exact) mass is 406 g/mol. The highest BCUT2D eigenvalue weighted by atomic mass is 32.2. The highest BCUT2D eigenvalue weighted by molar-refractivity contribution is 7.90. The highest BCUT2D eigenvalue weighted by Crippen LogP contribution is 2.29. The van der Waals surface area contributed by atoms with E-state index in [1.54, 1.807) is 24.3 Å². The standard InChI is InChI=1S/C22H18N2O4S/c25-21(15-24-22(26)18-11-5-7-13-20(18)29(24,27)28)23-19-12-6-4-10-17(19)14-16-8-2-1-3-9-16/h1-13H,14-15H2,(H,23,25). The Morgan fingerprint density at radius 2 is 1.52 bits per heavy atom. The fourth-order valence-electron chi connectivity index (χ4n) is 3.32. The molecule has 2 amide bonds. The first-order valence-electron chi connectivity index (χ1n) is 9.04. The molecule has 0 atom stereocenters. The predicted octanol–water partition coefficient (Wildman–Crippen LogP) is 3.06. The Bertz CT molecular complexity index is 1190. The molecule has 1 aliphatic heterocycles. The molecule has 29 heavy (non-hydrogen) atoms. The van der Waals surface area contributed by atoms with Gasteiger partial charge in [0.2, 0.25) is 5.91 Å². The second kappa shape index (κ2) is 7.52. The minimum absolute atomic E-state index is 0.0673. The van der Waals surface area contributed by atoms with E-state index in [1.165, 1.54) is 12.1 Å². The second-order valence-electron chi connectivity index (χ2n) is 6.68. The molecule has 3 aromatic carbocycles. The molecule has 6 nitrogen and oxygen atoms in total. The van der Waals surface area contributed by atoms with E-state index in [2.05, 4.69) is 5.32 Å². The predicted molar refractivity (Wildman–Crippen MR) is 109 cm³/mol. The maximum Gasteiger partial charge on any atom is 0.269 e. The molecule has 3 aromatic rings. The number of para-hydroxylation sites is 1. The van der Waals surface area contributed by atoms with Crippen LogP contribution in [0.15, 0.2) is 83.8 Å². The molecule has 146 valence electrons. The molecule has 1 aliphatic rings. The molecule has 0 bridgehead atoms. The highest BCUT2D eigenvalue weighted by Gasteiger charge is 2.41. The van der Waals surface area contributed by atoms with Crippen molar-refractivity contribution in [3.63, 3.8) is 0 Å². The lowest BCUT2D eigenvalue weighted by molar-refractivity contribution is -0.116. The van der Waals surface area contributed by atoms with Crippen molar-refractivity contribution in [2.24, 2.45) is 0 Å². The van der Waals surface area contributed by atoms with E-state index in [1.807, 2.05) is 42.5 Å². The van der Waals surface area contributed by atoms with Crippen molar-refractivity contribution in [1.82, 2.24) is 4.31 Å². The third-order valence-corrected chi connectivity index (χ3v) is 6.52. The molecule has 0 fully saturated rings. The Morgan fingerprint density at radius 1 is 0.862 bits per heavy atom. The van der Waals surface area contributed by atoms with Gasteiger partial charge in [-0.3, -0.25) is 9.59 Å². The van der Waals surface area contributed by atoms with E-state index >= 15 is 0 Å². The molecule has 0 aliphatic carbocycles. The van der Waals surface area contributed by atoms with Crippen LogP contribution in [0.3, 0.4) is 0 Å². The summed E-state index contributed by atoms with van der Waals surface area (Å²) in [7, 11) is -4.02. The summed E-state index contributed by atoms with van der Waals surface area (Å²) in [5, 5.41) is 2.75. The first kappa shape index (κ1) is 18.9. The van der Waals surface area contributed by atoms with Gasteiger partial charge in [-0.2, -0.15) is 0 Å². The van der Waals surface area contributed by atoms with E-state index in [0.717, 1.165) is 11.1 Å². The molecule has 0 unspecified atom stereocenters. The number of hydrogen-bond acceptors (Lipinski definition) is 4. The van der Waals surface area contributed by atoms with Gasteiger partial charge < -0.3 is 5.32 Å². The van der Waals surface area contributed by atoms with Gasteiger partial charge in [-0.25, -0.2) is 12.7 Å². The number of carbonyl (C=O) groups is 2. The van der Waals surface area contributed by atoms with Crippen molar-refractivity contribution >= 4 is 27.5 Å². The lowest BCUT2D eigenvalue weighted by atomic mass is 10.0. The van der Waals surface area contributed by atoms with Crippen LogP contribution >= 0.6 is 0 Å². The first-order chi connectivity index (χ1) is 14.0. The topological polar surface area (TPSA) is 83.6 Å². The van der Waals surface area contributed by atoms with E-state index in [4.69, 9.17) is 0 Å². The SMILES string of the molecule is O=C(CN1C(=O)c2ccccc2S1(=O)=O)Nc1ccccc1Cc1ccccc1. The Hall–Kier alpha value is -3.45. The van der Waals surface area contributed by atoms with Gasteiger partial charge >= 0.3 is 0 Å². The van der Waals surface area contributed by atoms with Crippen molar-refractivity contribution in [3.8, 4) is 0 Å². The number of nitrogens with one attached hydrogen (secondary N) is 1. The molecule has 1 heterocycles. The summed E-state index contributed by atoms with van der Waals surface area (Å²) in [5.74, 6) is -1.26. The number of benzene rings is 3. The molecular weight excluding hydrogens is 388 g/mol. The van der Waals surface area contributed by atoms with Crippen LogP contribution in [0, 0.1) is 0 Å². The molecule has 0 saturated carbocycles. The Morgan fingerprint density at radius 3 is 2.28 bits per heavy atom. The van der Waals surface area contributed by atoms with Crippen LogP contribution in [0.4, 0.5) is 5.69 Å².